The fourth-order valence-electron chi connectivity index (χ4n) is 1.70. The Morgan fingerprint density at radius 3 is 2.74 bits per heavy atom. The summed E-state index contributed by atoms with van der Waals surface area (Å²) in [5.74, 6) is 0.712. The molecular weight excluding hydrogens is 244 g/mol. The first kappa shape index (κ1) is 13.4. The minimum atomic E-state index is -0.517. The molecule has 2 aromatic rings. The predicted octanol–water partition coefficient (Wildman–Crippen LogP) is 3.24. The Labute approximate surface area is 111 Å². The molecule has 0 aliphatic rings. The molecule has 0 aliphatic heterocycles. The molecule has 0 fully saturated rings. The summed E-state index contributed by atoms with van der Waals surface area (Å²) in [6, 6.07) is 7.23. The van der Waals surface area contributed by atoms with Crippen molar-refractivity contribution >= 4 is 22.7 Å². The predicted molar refractivity (Wildman–Crippen MR) is 74.0 cm³/mol. The number of rotatable bonds is 2. The Hall–Kier alpha value is -2.01. The summed E-state index contributed by atoms with van der Waals surface area (Å²) in [7, 11) is 0. The van der Waals surface area contributed by atoms with Crippen LogP contribution in [0.3, 0.4) is 0 Å². The number of amides is 1. The lowest BCUT2D eigenvalue weighted by Gasteiger charge is -2.19. The topological polar surface area (TPSA) is 77.5 Å². The molecule has 0 unspecified atom stereocenters. The van der Waals surface area contributed by atoms with Crippen LogP contribution in [0.5, 0.6) is 0 Å². The second kappa shape index (κ2) is 4.93. The SMILES string of the molecule is CC(C)(C)OC(=O)Nc1ccc2oc(CN)cc2c1. The number of nitrogens with one attached hydrogen (secondary N) is 1. The van der Waals surface area contributed by atoms with E-state index >= 15 is 0 Å². The highest BCUT2D eigenvalue weighted by Gasteiger charge is 2.16. The molecule has 1 amide bonds. The molecule has 1 aromatic heterocycles. The summed E-state index contributed by atoms with van der Waals surface area (Å²) >= 11 is 0. The Kier molecular flexibility index (Phi) is 3.48. The van der Waals surface area contributed by atoms with Crippen molar-refractivity contribution in [3.8, 4) is 0 Å². The average molecular weight is 262 g/mol. The molecule has 5 nitrogen and oxygen atoms in total. The first-order valence-electron chi connectivity index (χ1n) is 6.10. The summed E-state index contributed by atoms with van der Waals surface area (Å²) in [6.45, 7) is 5.81. The molecule has 0 bridgehead atoms. The Bertz CT molecular complexity index is 596. The van der Waals surface area contributed by atoms with E-state index in [4.69, 9.17) is 14.9 Å². The van der Waals surface area contributed by atoms with Crippen LogP contribution in [0.15, 0.2) is 28.7 Å². The second-order valence-corrected chi connectivity index (χ2v) is 5.30. The van der Waals surface area contributed by atoms with E-state index in [1.165, 1.54) is 0 Å². The number of benzene rings is 1. The lowest BCUT2D eigenvalue weighted by molar-refractivity contribution is 0.0636. The number of nitrogens with two attached hydrogens (primary N) is 1. The van der Waals surface area contributed by atoms with Crippen LogP contribution >= 0.6 is 0 Å². The van der Waals surface area contributed by atoms with Crippen molar-refractivity contribution in [3.63, 3.8) is 0 Å². The van der Waals surface area contributed by atoms with Gasteiger partial charge in [0.2, 0.25) is 0 Å². The highest BCUT2D eigenvalue weighted by Crippen LogP contribution is 2.23. The molecule has 2 rings (SSSR count). The molecule has 0 radical (unpaired) electrons. The minimum Gasteiger partial charge on any atom is -0.460 e. The van der Waals surface area contributed by atoms with Crippen molar-refractivity contribution in [2.24, 2.45) is 5.73 Å². The van der Waals surface area contributed by atoms with Gasteiger partial charge in [0, 0.05) is 11.1 Å². The number of ether oxygens (including phenoxy) is 1. The Morgan fingerprint density at radius 1 is 1.37 bits per heavy atom. The van der Waals surface area contributed by atoms with Gasteiger partial charge in [0.25, 0.3) is 0 Å². The van der Waals surface area contributed by atoms with E-state index in [1.54, 1.807) is 12.1 Å². The molecular formula is C14H18N2O3. The maximum Gasteiger partial charge on any atom is 0.412 e. The highest BCUT2D eigenvalue weighted by atomic mass is 16.6. The molecule has 19 heavy (non-hydrogen) atoms. The third kappa shape index (κ3) is 3.48. The zero-order valence-corrected chi connectivity index (χ0v) is 11.3. The Morgan fingerprint density at radius 2 is 2.11 bits per heavy atom. The molecule has 0 aliphatic carbocycles. The van der Waals surface area contributed by atoms with Crippen LogP contribution in [0.1, 0.15) is 26.5 Å². The van der Waals surface area contributed by atoms with Crippen molar-refractivity contribution in [2.45, 2.75) is 32.9 Å². The molecule has 0 saturated heterocycles. The molecule has 0 atom stereocenters. The average Bonchev–Trinajstić information content (AvgIpc) is 2.68. The van der Waals surface area contributed by atoms with Crippen LogP contribution in [0.2, 0.25) is 0 Å². The van der Waals surface area contributed by atoms with Gasteiger partial charge in [0.1, 0.15) is 16.9 Å². The summed E-state index contributed by atoms with van der Waals surface area (Å²) < 4.78 is 10.7. The van der Waals surface area contributed by atoms with Crippen LogP contribution < -0.4 is 11.1 Å². The van der Waals surface area contributed by atoms with Gasteiger partial charge in [0.05, 0.1) is 6.54 Å². The quantitative estimate of drug-likeness (QED) is 0.871. The molecule has 0 spiro atoms. The fraction of sp³-hybridized carbons (Fsp3) is 0.357. The largest absolute Gasteiger partial charge is 0.460 e. The first-order chi connectivity index (χ1) is 8.87. The van der Waals surface area contributed by atoms with Crippen LogP contribution in [-0.4, -0.2) is 11.7 Å². The van der Waals surface area contributed by atoms with E-state index in [1.807, 2.05) is 32.9 Å². The van der Waals surface area contributed by atoms with Crippen molar-refractivity contribution in [1.82, 2.24) is 0 Å². The van der Waals surface area contributed by atoms with E-state index in [9.17, 15) is 4.79 Å². The molecule has 102 valence electrons. The van der Waals surface area contributed by atoms with Crippen molar-refractivity contribution in [3.05, 3.63) is 30.0 Å². The third-order valence-electron chi connectivity index (χ3n) is 2.41. The van der Waals surface area contributed by atoms with Gasteiger partial charge < -0.3 is 14.9 Å². The number of fused-ring (bicyclic) bond motifs is 1. The van der Waals surface area contributed by atoms with Gasteiger partial charge in [0.15, 0.2) is 0 Å². The smallest absolute Gasteiger partial charge is 0.412 e. The minimum absolute atomic E-state index is 0.351. The molecule has 1 aromatic carbocycles. The van der Waals surface area contributed by atoms with Gasteiger partial charge in [-0.25, -0.2) is 4.79 Å². The zero-order valence-electron chi connectivity index (χ0n) is 11.3. The van der Waals surface area contributed by atoms with Crippen LogP contribution in [-0.2, 0) is 11.3 Å². The van der Waals surface area contributed by atoms with Crippen LogP contribution in [0, 0.1) is 0 Å². The number of anilines is 1. The standard InChI is InChI=1S/C14H18N2O3/c1-14(2,3)19-13(17)16-10-4-5-12-9(6-10)7-11(8-15)18-12/h4-7H,8,15H2,1-3H3,(H,16,17). The monoisotopic (exact) mass is 262 g/mol. The van der Waals surface area contributed by atoms with Gasteiger partial charge >= 0.3 is 6.09 Å². The molecule has 5 heteroatoms. The van der Waals surface area contributed by atoms with Crippen molar-refractivity contribution in [2.75, 3.05) is 5.32 Å². The van der Waals surface area contributed by atoms with Gasteiger partial charge in [-0.15, -0.1) is 0 Å². The second-order valence-electron chi connectivity index (χ2n) is 5.30. The molecule has 0 saturated carbocycles. The summed E-state index contributed by atoms with van der Waals surface area (Å²) in [5, 5.41) is 3.58. The van der Waals surface area contributed by atoms with Crippen molar-refractivity contribution < 1.29 is 13.9 Å². The lowest BCUT2D eigenvalue weighted by Crippen LogP contribution is -2.27. The summed E-state index contributed by atoms with van der Waals surface area (Å²) in [4.78, 5) is 11.6. The number of hydrogen-bond acceptors (Lipinski definition) is 4. The van der Waals surface area contributed by atoms with E-state index in [2.05, 4.69) is 5.32 Å². The number of furan rings is 1. The van der Waals surface area contributed by atoms with Crippen molar-refractivity contribution in [1.29, 1.82) is 0 Å². The van der Waals surface area contributed by atoms with Crippen LogP contribution in [0.4, 0.5) is 10.5 Å². The van der Waals surface area contributed by atoms with E-state index in [0.29, 0.717) is 18.0 Å². The number of carbonyl (C=O) groups excluding carboxylic acids is 1. The molecule has 1 heterocycles. The number of carbonyl (C=O) groups is 1. The highest BCUT2D eigenvalue weighted by molar-refractivity contribution is 5.89. The van der Waals surface area contributed by atoms with E-state index in [-0.39, 0.29) is 0 Å². The lowest BCUT2D eigenvalue weighted by atomic mass is 10.2. The third-order valence-corrected chi connectivity index (χ3v) is 2.41. The van der Waals surface area contributed by atoms with E-state index in [0.717, 1.165) is 11.0 Å². The van der Waals surface area contributed by atoms with Crippen LogP contribution in [0.25, 0.3) is 11.0 Å². The molecule has 3 N–H and O–H groups in total. The van der Waals surface area contributed by atoms with Gasteiger partial charge in [-0.2, -0.15) is 0 Å². The Balaban J connectivity index is 2.15. The number of hydrogen-bond donors (Lipinski definition) is 2. The van der Waals surface area contributed by atoms with Gasteiger partial charge in [-0.05, 0) is 45.0 Å². The fourth-order valence-corrected chi connectivity index (χ4v) is 1.70. The first-order valence-corrected chi connectivity index (χ1v) is 6.10. The van der Waals surface area contributed by atoms with E-state index < -0.39 is 11.7 Å². The summed E-state index contributed by atoms with van der Waals surface area (Å²) in [5.41, 5.74) is 6.41. The normalized spacial score (nSPS) is 11.6. The maximum absolute atomic E-state index is 11.6. The van der Waals surface area contributed by atoms with Gasteiger partial charge in [-0.1, -0.05) is 0 Å². The summed E-state index contributed by atoms with van der Waals surface area (Å²) in [6.07, 6.45) is -0.477. The van der Waals surface area contributed by atoms with Gasteiger partial charge in [-0.3, -0.25) is 5.32 Å². The zero-order chi connectivity index (χ0) is 14.0. The maximum atomic E-state index is 11.6.